The molecule has 0 spiro atoms. The van der Waals surface area contributed by atoms with Crippen molar-refractivity contribution in [3.63, 3.8) is 0 Å². The van der Waals surface area contributed by atoms with Gasteiger partial charge in [0.2, 0.25) is 0 Å². The Labute approximate surface area is 114 Å². The highest BCUT2D eigenvalue weighted by molar-refractivity contribution is 7.72. The van der Waals surface area contributed by atoms with Crippen LogP contribution in [-0.2, 0) is 10.7 Å². The van der Waals surface area contributed by atoms with Crippen molar-refractivity contribution in [2.75, 3.05) is 0 Å². The van der Waals surface area contributed by atoms with Crippen molar-refractivity contribution >= 4 is 16.8 Å². The van der Waals surface area contributed by atoms with Gasteiger partial charge >= 0.3 is 0 Å². The molecule has 19 heavy (non-hydrogen) atoms. The molecule has 2 aromatic rings. The summed E-state index contributed by atoms with van der Waals surface area (Å²) in [4.78, 5) is 0.282. The molecule has 0 saturated heterocycles. The zero-order valence-electron chi connectivity index (χ0n) is 10.4. The summed E-state index contributed by atoms with van der Waals surface area (Å²) in [7, 11) is -2.55. The zero-order chi connectivity index (χ0) is 13.7. The monoisotopic (exact) mass is 274 g/mol. The van der Waals surface area contributed by atoms with Crippen molar-refractivity contribution < 1.29 is 13.2 Å². The van der Waals surface area contributed by atoms with Crippen molar-refractivity contribution in [2.24, 2.45) is 0 Å². The number of hydrogen-bond acceptors (Lipinski definition) is 3. The Hall–Kier alpha value is -2.07. The molecule has 3 nitrogen and oxygen atoms in total. The number of para-hydroxylation sites is 1. The molecule has 0 fully saturated rings. The molecule has 98 valence electrons. The number of ether oxygens (including phenoxy) is 1. The van der Waals surface area contributed by atoms with Crippen LogP contribution in [-0.4, -0.2) is 8.42 Å². The van der Waals surface area contributed by atoms with Crippen LogP contribution in [0.3, 0.4) is 0 Å². The first-order valence-electron chi connectivity index (χ1n) is 5.85. The van der Waals surface area contributed by atoms with Gasteiger partial charge in [-0.05, 0) is 37.3 Å². The molecule has 0 radical (unpaired) electrons. The van der Waals surface area contributed by atoms with E-state index in [0.717, 1.165) is 11.3 Å². The molecule has 0 saturated carbocycles. The summed E-state index contributed by atoms with van der Waals surface area (Å²) < 4.78 is 27.3. The summed E-state index contributed by atoms with van der Waals surface area (Å²) in [6, 6.07) is 14.0. The van der Waals surface area contributed by atoms with E-state index in [9.17, 15) is 8.42 Å². The molecule has 0 heterocycles. The number of benzene rings is 2. The zero-order valence-corrected chi connectivity index (χ0v) is 11.3. The van der Waals surface area contributed by atoms with Gasteiger partial charge < -0.3 is 4.74 Å². The second kappa shape index (κ2) is 6.20. The lowest BCUT2D eigenvalue weighted by Gasteiger charge is -2.08. The summed E-state index contributed by atoms with van der Waals surface area (Å²) in [6.45, 7) is 1.94. The Morgan fingerprint density at radius 3 is 2.32 bits per heavy atom. The average Bonchev–Trinajstić information content (AvgIpc) is 2.42. The second-order valence-corrected chi connectivity index (χ2v) is 4.92. The fraction of sp³-hybridized carbons (Fsp3) is 0.0667. The number of rotatable bonds is 4. The highest BCUT2D eigenvalue weighted by Gasteiger charge is 2.02. The highest BCUT2D eigenvalue weighted by Crippen LogP contribution is 2.26. The first-order chi connectivity index (χ1) is 9.20. The van der Waals surface area contributed by atoms with Crippen LogP contribution in [0.5, 0.6) is 11.5 Å². The number of allylic oxidation sites excluding steroid dienone is 1. The van der Waals surface area contributed by atoms with Gasteiger partial charge in [-0.1, -0.05) is 30.4 Å². The molecule has 0 aliphatic rings. The first-order valence-corrected chi connectivity index (χ1v) is 7.02. The van der Waals surface area contributed by atoms with Crippen LogP contribution in [0.4, 0.5) is 0 Å². The van der Waals surface area contributed by atoms with Gasteiger partial charge in [-0.2, -0.15) is 0 Å². The molecule has 0 aliphatic carbocycles. The largest absolute Gasteiger partial charge is 0.457 e. The molecule has 0 aromatic heterocycles. The topological polar surface area (TPSA) is 43.4 Å². The molecule has 0 amide bonds. The molecule has 2 aromatic carbocycles. The van der Waals surface area contributed by atoms with E-state index >= 15 is 0 Å². The van der Waals surface area contributed by atoms with Gasteiger partial charge in [-0.15, -0.1) is 0 Å². The van der Waals surface area contributed by atoms with Gasteiger partial charge in [-0.25, -0.2) is 8.42 Å². The maximum Gasteiger partial charge on any atom is 0.168 e. The van der Waals surface area contributed by atoms with E-state index in [1.807, 2.05) is 43.3 Å². The van der Waals surface area contributed by atoms with Gasteiger partial charge in [0.15, 0.2) is 10.7 Å². The maximum atomic E-state index is 10.8. The quantitative estimate of drug-likeness (QED) is 0.868. The third-order valence-corrected chi connectivity index (χ3v) is 3.26. The van der Waals surface area contributed by atoms with Crippen molar-refractivity contribution in [2.45, 2.75) is 11.8 Å². The van der Waals surface area contributed by atoms with Crippen LogP contribution in [0.25, 0.3) is 6.08 Å². The SMILES string of the molecule is CC=Cc1ccccc1Oc1ccc([SH](=O)=O)cc1. The molecular formula is C15H14O3S. The molecule has 2 rings (SSSR count). The van der Waals surface area contributed by atoms with Gasteiger partial charge in [0.1, 0.15) is 11.5 Å². The number of hydrogen-bond donors (Lipinski definition) is 1. The maximum absolute atomic E-state index is 10.8. The van der Waals surface area contributed by atoms with E-state index in [1.54, 1.807) is 12.1 Å². The molecule has 4 heteroatoms. The van der Waals surface area contributed by atoms with Gasteiger partial charge in [0.25, 0.3) is 0 Å². The van der Waals surface area contributed by atoms with Gasteiger partial charge in [0.05, 0.1) is 4.90 Å². The molecule has 0 aliphatic heterocycles. The lowest BCUT2D eigenvalue weighted by molar-refractivity contribution is 0.481. The van der Waals surface area contributed by atoms with Crippen LogP contribution in [0, 0.1) is 0 Å². The Balaban J connectivity index is 2.26. The predicted octanol–water partition coefficient (Wildman–Crippen LogP) is 3.48. The Morgan fingerprint density at radius 2 is 1.68 bits per heavy atom. The lowest BCUT2D eigenvalue weighted by Crippen LogP contribution is -1.88. The third kappa shape index (κ3) is 3.45. The standard InChI is InChI=1S/C15H14O3S/c1-2-5-12-6-3-4-7-15(12)18-13-8-10-14(11-9-13)19(16)17/h2-11,19H,1H3. The minimum Gasteiger partial charge on any atom is -0.457 e. The Morgan fingerprint density at radius 1 is 1.00 bits per heavy atom. The smallest absolute Gasteiger partial charge is 0.168 e. The summed E-state index contributed by atoms with van der Waals surface area (Å²) >= 11 is 0. The Kier molecular flexibility index (Phi) is 4.36. The van der Waals surface area contributed by atoms with Crippen LogP contribution in [0.2, 0.25) is 0 Å². The minimum atomic E-state index is -2.55. The van der Waals surface area contributed by atoms with Crippen LogP contribution in [0.1, 0.15) is 12.5 Å². The summed E-state index contributed by atoms with van der Waals surface area (Å²) in [5.41, 5.74) is 0.976. The van der Waals surface area contributed by atoms with Crippen LogP contribution < -0.4 is 4.74 Å². The van der Waals surface area contributed by atoms with Crippen molar-refractivity contribution in [1.82, 2.24) is 0 Å². The first kappa shape index (κ1) is 13.4. The fourth-order valence-corrected chi connectivity index (χ4v) is 2.05. The molecule has 0 atom stereocenters. The molecular weight excluding hydrogens is 260 g/mol. The lowest BCUT2D eigenvalue weighted by atomic mass is 10.2. The Bertz CT molecular complexity index is 647. The average molecular weight is 274 g/mol. The minimum absolute atomic E-state index is 0.282. The molecule has 0 unspecified atom stereocenters. The molecule has 0 N–H and O–H groups in total. The van der Waals surface area contributed by atoms with Crippen molar-refractivity contribution in [1.29, 1.82) is 0 Å². The van der Waals surface area contributed by atoms with E-state index in [1.165, 1.54) is 12.1 Å². The predicted molar refractivity (Wildman–Crippen MR) is 76.2 cm³/mol. The van der Waals surface area contributed by atoms with E-state index < -0.39 is 10.7 Å². The van der Waals surface area contributed by atoms with Crippen LogP contribution in [0.15, 0.2) is 59.5 Å². The summed E-state index contributed by atoms with van der Waals surface area (Å²) in [5.74, 6) is 1.34. The van der Waals surface area contributed by atoms with E-state index in [2.05, 4.69) is 0 Å². The summed E-state index contributed by atoms with van der Waals surface area (Å²) in [6.07, 6.45) is 3.89. The van der Waals surface area contributed by atoms with Gasteiger partial charge in [-0.3, -0.25) is 0 Å². The van der Waals surface area contributed by atoms with Crippen LogP contribution >= 0.6 is 0 Å². The summed E-state index contributed by atoms with van der Waals surface area (Å²) in [5, 5.41) is 0. The van der Waals surface area contributed by atoms with E-state index in [4.69, 9.17) is 4.74 Å². The van der Waals surface area contributed by atoms with Gasteiger partial charge in [0, 0.05) is 5.56 Å². The number of thiol groups is 1. The van der Waals surface area contributed by atoms with E-state index in [-0.39, 0.29) is 4.90 Å². The second-order valence-electron chi connectivity index (χ2n) is 3.89. The van der Waals surface area contributed by atoms with Crippen molar-refractivity contribution in [3.05, 3.63) is 60.2 Å². The normalized spacial score (nSPS) is 11.1. The fourth-order valence-electron chi connectivity index (χ4n) is 1.65. The van der Waals surface area contributed by atoms with E-state index in [0.29, 0.717) is 5.75 Å². The third-order valence-electron chi connectivity index (χ3n) is 2.54. The molecule has 0 bridgehead atoms. The van der Waals surface area contributed by atoms with Crippen molar-refractivity contribution in [3.8, 4) is 11.5 Å². The highest BCUT2D eigenvalue weighted by atomic mass is 32.2.